The van der Waals surface area contributed by atoms with Gasteiger partial charge < -0.3 is 44.8 Å². The van der Waals surface area contributed by atoms with E-state index in [0.717, 1.165) is 78.0 Å². The largest absolute Gasteiger partial charge is 0.494 e. The highest BCUT2D eigenvalue weighted by molar-refractivity contribution is 7.76. The average molecular weight is 1190 g/mol. The molecular formula is C58H54B9ClN15O6. The summed E-state index contributed by atoms with van der Waals surface area (Å²) in [7, 11) is 34.5. The molecule has 13 radical (unpaired) electrons. The Morgan fingerprint density at radius 2 is 1.01 bits per heavy atom. The van der Waals surface area contributed by atoms with Crippen LogP contribution in [0.2, 0.25) is 5.15 Å². The second-order valence-corrected chi connectivity index (χ2v) is 19.5. The van der Waals surface area contributed by atoms with Crippen LogP contribution < -0.4 is 40.9 Å². The molecule has 31 heteroatoms. The van der Waals surface area contributed by atoms with Crippen LogP contribution in [0.1, 0.15) is 20.3 Å². The van der Waals surface area contributed by atoms with Crippen LogP contribution in [-0.4, -0.2) is 172 Å². The monoisotopic (exact) mass is 1190 g/mol. The zero-order chi connectivity index (χ0) is 62.5. The van der Waals surface area contributed by atoms with E-state index in [-0.39, 0.29) is 25.2 Å². The van der Waals surface area contributed by atoms with Crippen molar-refractivity contribution in [2.75, 3.05) is 56.6 Å². The number of methoxy groups -OCH3 is 3. The van der Waals surface area contributed by atoms with E-state index in [4.69, 9.17) is 66.7 Å². The number of halogens is 1. The molecule has 0 amide bonds. The minimum atomic E-state index is -0.593. The lowest BCUT2D eigenvalue weighted by molar-refractivity contribution is 0.203. The number of ether oxygens (including phenoxy) is 3. The summed E-state index contributed by atoms with van der Waals surface area (Å²) in [4.78, 5) is 76.2. The van der Waals surface area contributed by atoms with Crippen LogP contribution in [0.3, 0.4) is 0 Å². The predicted octanol–water partition coefficient (Wildman–Crippen LogP) is 6.43. The van der Waals surface area contributed by atoms with E-state index in [2.05, 4.69) is 80.8 Å². The Labute approximate surface area is 528 Å². The van der Waals surface area contributed by atoms with E-state index >= 15 is 0 Å². The molecule has 1 aliphatic rings. The normalized spacial score (nSPS) is 11.5. The maximum absolute atomic E-state index is 12.5. The van der Waals surface area contributed by atoms with Crippen LogP contribution >= 0.6 is 11.6 Å². The highest BCUT2D eigenvalue weighted by Crippen LogP contribution is 2.36. The van der Waals surface area contributed by atoms with Crippen molar-refractivity contribution in [3.05, 3.63) is 179 Å². The third kappa shape index (κ3) is 17.9. The molecule has 12 rings (SSSR count). The van der Waals surface area contributed by atoms with Gasteiger partial charge in [-0.2, -0.15) is 0 Å². The van der Waals surface area contributed by atoms with Crippen molar-refractivity contribution in [2.45, 2.75) is 20.3 Å². The highest BCUT2D eigenvalue weighted by atomic mass is 35.5. The van der Waals surface area contributed by atoms with E-state index in [9.17, 15) is 14.7 Å². The van der Waals surface area contributed by atoms with Gasteiger partial charge in [-0.3, -0.25) is 24.5 Å². The van der Waals surface area contributed by atoms with E-state index < -0.39 is 12.8 Å². The SMILES string of the molecule is C.COc1cncc2nc(-c3ccnc(Cl)c3)[nH]c(=O)c12.COc1cncc2nc(-c3ccnc(Nc4ccccc4)c3)[nH]c(=O)c12.COc1cncc2nc(-c3ccnc(Nc4ccccc4)c3)nc(N3CCC(CO)CC3)c12.[B]B([B])B([B])[B].[B][B][B]. The summed E-state index contributed by atoms with van der Waals surface area (Å²) in [5, 5.41) is 18.0. The van der Waals surface area contributed by atoms with Crippen molar-refractivity contribution >= 4 is 139 Å². The molecule has 0 saturated carbocycles. The molecular weight excluding hydrogens is 1140 g/mol. The molecule has 2 aromatic carbocycles. The number of anilines is 5. The number of aromatic amines is 2. The topological polar surface area (TPSA) is 270 Å². The number of nitrogens with zero attached hydrogens (tertiary/aromatic N) is 11. The van der Waals surface area contributed by atoms with Crippen molar-refractivity contribution in [3.63, 3.8) is 0 Å². The summed E-state index contributed by atoms with van der Waals surface area (Å²) >= 11 is 5.84. The number of hydrogen-bond acceptors (Lipinski definition) is 19. The van der Waals surface area contributed by atoms with Gasteiger partial charge in [-0.05, 0) is 79.4 Å². The van der Waals surface area contributed by atoms with Crippen molar-refractivity contribution in [3.8, 4) is 51.4 Å². The number of aromatic nitrogens is 12. The molecule has 89 heavy (non-hydrogen) atoms. The first-order chi connectivity index (χ1) is 42.7. The van der Waals surface area contributed by atoms with Gasteiger partial charge in [-0.1, -0.05) is 55.4 Å². The molecule has 1 aliphatic heterocycles. The minimum absolute atomic E-state index is 0. The Morgan fingerprint density at radius 3 is 1.45 bits per heavy atom. The standard InChI is InChI=1S/C25H26N6O2.C19H15N5O2.C13H9ClN4O2.CH4.B6.B3/c1-33-21-15-26-14-20-23(21)25(31-11-8-17(16-32)9-12-31)30-24(29-20)18-7-10-27-22(13-18)28-19-5-3-2-4-6-19;1-26-15-11-20-10-14-17(15)19(25)24-18(23-14)12-7-8-21-16(9-12)22-13-5-3-2-4-6-13;1-20-9-6-15-5-8-11(9)13(19)18-12(17-8)7-2-3-16-10(14)4-7;;1-5(2)6(3)4;1-3-2/h2-7,10,13-15,17,32H,8-9,11-12,16H2,1H3,(H,27,28);2-11H,1H3,(H,21,22)(H,23,24,25);2-6H,1H3,(H,17,18,19);1H4;;. The molecule has 10 heterocycles. The van der Waals surface area contributed by atoms with Crippen LogP contribution in [0, 0.1) is 5.92 Å². The number of para-hydroxylation sites is 2. The summed E-state index contributed by atoms with van der Waals surface area (Å²) in [6.45, 7) is 1.86. The van der Waals surface area contributed by atoms with E-state index in [1.807, 2.05) is 78.9 Å². The van der Waals surface area contributed by atoms with Crippen molar-refractivity contribution in [1.82, 2.24) is 59.8 Å². The number of benzene rings is 2. The van der Waals surface area contributed by atoms with Crippen LogP contribution in [0.25, 0.3) is 66.9 Å². The first-order valence-electron chi connectivity index (χ1n) is 27.1. The minimum Gasteiger partial charge on any atom is -0.494 e. The van der Waals surface area contributed by atoms with Gasteiger partial charge in [0, 0.05) is 133 Å². The summed E-state index contributed by atoms with van der Waals surface area (Å²) in [6, 6.07) is 30.4. The third-order valence-corrected chi connectivity index (χ3v) is 13.3. The first-order valence-corrected chi connectivity index (χ1v) is 27.5. The summed E-state index contributed by atoms with van der Waals surface area (Å²) in [6.07, 6.45) is 15.1. The molecule has 11 aromatic rings. The molecule has 0 unspecified atom stereocenters. The number of fused-ring (bicyclic) bond motifs is 3. The molecule has 0 bridgehead atoms. The second-order valence-electron chi connectivity index (χ2n) is 19.1. The molecule has 0 aliphatic carbocycles. The summed E-state index contributed by atoms with van der Waals surface area (Å²) in [5.41, 5.74) is 5.23. The fourth-order valence-electron chi connectivity index (χ4n) is 8.76. The highest BCUT2D eigenvalue weighted by Gasteiger charge is 2.25. The lowest BCUT2D eigenvalue weighted by atomic mass is 8.81. The smallest absolute Gasteiger partial charge is 0.262 e. The Bertz CT molecular complexity index is 4200. The first kappa shape index (κ1) is 67.1. The Balaban J connectivity index is 0.000000181. The molecule has 9 aromatic heterocycles. The van der Waals surface area contributed by atoms with Gasteiger partial charge in [-0.25, -0.2) is 34.9 Å². The predicted molar refractivity (Wildman–Crippen MR) is 362 cm³/mol. The molecule has 431 valence electrons. The fourth-order valence-corrected chi connectivity index (χ4v) is 8.93. The van der Waals surface area contributed by atoms with Crippen molar-refractivity contribution in [2.24, 2.45) is 5.92 Å². The molecule has 5 N–H and O–H groups in total. The van der Waals surface area contributed by atoms with Gasteiger partial charge in [0.2, 0.25) is 0 Å². The Kier molecular flexibility index (Phi) is 24.9. The average Bonchev–Trinajstić information content (AvgIpc) is 3.62. The van der Waals surface area contributed by atoms with Gasteiger partial charge >= 0.3 is 0 Å². The van der Waals surface area contributed by atoms with Crippen LogP contribution in [0.4, 0.5) is 28.8 Å². The Hall–Kier alpha value is -9.41. The zero-order valence-corrected chi connectivity index (χ0v) is 48.8. The second kappa shape index (κ2) is 33.1. The number of H-pyrrole nitrogens is 2. The maximum atomic E-state index is 12.5. The van der Waals surface area contributed by atoms with E-state index in [0.29, 0.717) is 79.0 Å². The lowest BCUT2D eigenvalue weighted by Gasteiger charge is -2.33. The zero-order valence-electron chi connectivity index (χ0n) is 48.0. The van der Waals surface area contributed by atoms with Crippen molar-refractivity contribution in [1.29, 1.82) is 0 Å². The Morgan fingerprint density at radius 1 is 0.596 bits per heavy atom. The number of pyridine rings is 6. The number of piperidine rings is 1. The maximum Gasteiger partial charge on any atom is 0.262 e. The molecule has 0 atom stereocenters. The van der Waals surface area contributed by atoms with E-state index in [1.165, 1.54) is 32.8 Å². The number of nitrogens with one attached hydrogen (secondary N) is 4. The quantitative estimate of drug-likeness (QED) is 0.0615. The number of aliphatic hydroxyl groups excluding tert-OH is 1. The number of aliphatic hydroxyl groups is 1. The van der Waals surface area contributed by atoms with Gasteiger partial charge in [0.05, 0.1) is 69.4 Å². The summed E-state index contributed by atoms with van der Waals surface area (Å²) < 4.78 is 15.9. The van der Waals surface area contributed by atoms with E-state index in [1.54, 1.807) is 62.5 Å². The molecule has 1 fully saturated rings. The van der Waals surface area contributed by atoms with Crippen molar-refractivity contribution < 1.29 is 19.3 Å². The van der Waals surface area contributed by atoms with Crippen LogP contribution in [0.5, 0.6) is 17.2 Å². The van der Waals surface area contributed by atoms with Gasteiger partial charge in [-0.15, -0.1) is 0 Å². The van der Waals surface area contributed by atoms with Crippen LogP contribution in [0.15, 0.2) is 162 Å². The third-order valence-electron chi connectivity index (χ3n) is 13.1. The lowest BCUT2D eigenvalue weighted by Crippen LogP contribution is -2.38. The number of rotatable bonds is 13. The molecule has 0 spiro atoms. The van der Waals surface area contributed by atoms with Gasteiger partial charge in [0.15, 0.2) is 17.3 Å². The molecule has 21 nitrogen and oxygen atoms in total. The molecule has 1 saturated heterocycles. The van der Waals surface area contributed by atoms with Crippen LogP contribution in [-0.2, 0) is 0 Å². The van der Waals surface area contributed by atoms with Gasteiger partial charge in [0.1, 0.15) is 61.8 Å². The van der Waals surface area contributed by atoms with Gasteiger partial charge in [0.25, 0.3) is 11.1 Å². The summed E-state index contributed by atoms with van der Waals surface area (Å²) in [5.74, 6) is 5.42. The fraction of sp³-hybridized carbons (Fsp3) is 0.172. The number of hydrogen-bond donors (Lipinski definition) is 5.